The first-order valence-electron chi connectivity index (χ1n) is 6.33. The summed E-state index contributed by atoms with van der Waals surface area (Å²) in [5.41, 5.74) is 2.39. The molecular weight excluding hydrogens is 315 g/mol. The molecule has 0 atom stereocenters. The maximum Gasteiger partial charge on any atom is 0.417 e. The Labute approximate surface area is 129 Å². The summed E-state index contributed by atoms with van der Waals surface area (Å²) in [5.74, 6) is 0. The Bertz CT molecular complexity index is 797. The zero-order valence-corrected chi connectivity index (χ0v) is 11.8. The monoisotopic (exact) mass is 323 g/mol. The standard InChI is InChI=1S/C9H6ClNO.C7H3F3/c10-9-11-8(6-12-9)7-4-2-1-3-5-7;8-7(9,10)6-3-4-1-2-5(4)6/h1-6H;1-3H. The largest absolute Gasteiger partial charge is 0.436 e. The molecule has 0 fully saturated rings. The molecular formula is C16H9ClF3NO. The molecule has 0 saturated carbocycles. The van der Waals surface area contributed by atoms with E-state index in [0.717, 1.165) is 22.9 Å². The molecule has 0 amide bonds. The molecule has 0 unspecified atom stereocenters. The Morgan fingerprint density at radius 1 is 0.955 bits per heavy atom. The van der Waals surface area contributed by atoms with Gasteiger partial charge in [-0.1, -0.05) is 42.5 Å². The summed E-state index contributed by atoms with van der Waals surface area (Å²) in [4.78, 5) is 3.98. The summed E-state index contributed by atoms with van der Waals surface area (Å²) < 4.78 is 40.3. The van der Waals surface area contributed by atoms with Crippen LogP contribution in [0.3, 0.4) is 0 Å². The SMILES string of the molecule is Clc1nc(-c2ccccc2)co1.FC(F)(F)c1cc2ccc1-2. The summed E-state index contributed by atoms with van der Waals surface area (Å²) in [6.07, 6.45) is -2.61. The smallest absolute Gasteiger partial charge is 0.417 e. The van der Waals surface area contributed by atoms with Crippen molar-refractivity contribution in [2.45, 2.75) is 6.18 Å². The summed E-state index contributed by atoms with van der Waals surface area (Å²) in [6, 6.07) is 14.1. The van der Waals surface area contributed by atoms with Crippen LogP contribution in [-0.2, 0) is 6.18 Å². The van der Waals surface area contributed by atoms with Crippen molar-refractivity contribution < 1.29 is 17.6 Å². The number of nitrogens with zero attached hydrogens (tertiary/aromatic N) is 1. The van der Waals surface area contributed by atoms with Crippen molar-refractivity contribution in [1.29, 1.82) is 0 Å². The van der Waals surface area contributed by atoms with Crippen molar-refractivity contribution in [3.63, 3.8) is 0 Å². The molecule has 0 saturated heterocycles. The minimum atomic E-state index is -4.15. The van der Waals surface area contributed by atoms with E-state index in [1.165, 1.54) is 12.3 Å². The van der Waals surface area contributed by atoms with E-state index in [1.54, 1.807) is 6.07 Å². The van der Waals surface area contributed by atoms with Crippen molar-refractivity contribution in [3.05, 3.63) is 65.7 Å². The molecule has 112 valence electrons. The van der Waals surface area contributed by atoms with Crippen LogP contribution in [0.25, 0.3) is 22.4 Å². The van der Waals surface area contributed by atoms with Crippen LogP contribution in [0.2, 0.25) is 5.35 Å². The lowest BCUT2D eigenvalue weighted by atomic mass is 9.86. The highest BCUT2D eigenvalue weighted by Gasteiger charge is 2.38. The Kier molecular flexibility index (Phi) is 3.66. The van der Waals surface area contributed by atoms with Crippen LogP contribution in [0.4, 0.5) is 13.2 Å². The Balaban J connectivity index is 0.000000133. The molecule has 0 spiro atoms. The summed E-state index contributed by atoms with van der Waals surface area (Å²) in [5, 5.41) is 0.175. The lowest BCUT2D eigenvalue weighted by molar-refractivity contribution is -0.137. The average Bonchev–Trinajstić information content (AvgIpc) is 2.89. The molecule has 0 radical (unpaired) electrons. The third-order valence-electron chi connectivity index (χ3n) is 3.18. The molecule has 1 aromatic heterocycles. The van der Waals surface area contributed by atoms with E-state index in [4.69, 9.17) is 16.0 Å². The highest BCUT2D eigenvalue weighted by atomic mass is 35.5. The van der Waals surface area contributed by atoms with Crippen molar-refractivity contribution in [2.75, 3.05) is 0 Å². The zero-order valence-electron chi connectivity index (χ0n) is 11.1. The van der Waals surface area contributed by atoms with Crippen molar-refractivity contribution in [3.8, 4) is 22.4 Å². The third kappa shape index (κ3) is 2.85. The fourth-order valence-corrected chi connectivity index (χ4v) is 2.15. The van der Waals surface area contributed by atoms with Crippen LogP contribution in [0.15, 0.2) is 59.2 Å². The van der Waals surface area contributed by atoms with Gasteiger partial charge in [-0.3, -0.25) is 0 Å². The topological polar surface area (TPSA) is 26.0 Å². The molecule has 2 aromatic rings. The predicted molar refractivity (Wildman–Crippen MR) is 77.4 cm³/mol. The van der Waals surface area contributed by atoms with E-state index >= 15 is 0 Å². The summed E-state index contributed by atoms with van der Waals surface area (Å²) >= 11 is 5.53. The average molecular weight is 324 g/mol. The number of benzene rings is 2. The lowest BCUT2D eigenvalue weighted by Crippen LogP contribution is -2.12. The van der Waals surface area contributed by atoms with Gasteiger partial charge in [0.25, 0.3) is 5.35 Å². The van der Waals surface area contributed by atoms with Gasteiger partial charge in [0.2, 0.25) is 0 Å². The molecule has 22 heavy (non-hydrogen) atoms. The van der Waals surface area contributed by atoms with Crippen LogP contribution >= 0.6 is 11.6 Å². The quantitative estimate of drug-likeness (QED) is 0.450. The Morgan fingerprint density at radius 2 is 1.68 bits per heavy atom. The van der Waals surface area contributed by atoms with E-state index in [0.29, 0.717) is 5.56 Å². The molecule has 1 aromatic carbocycles. The Morgan fingerprint density at radius 3 is 2.05 bits per heavy atom. The van der Waals surface area contributed by atoms with E-state index in [9.17, 15) is 13.2 Å². The molecule has 2 aliphatic rings. The van der Waals surface area contributed by atoms with Gasteiger partial charge in [-0.2, -0.15) is 18.2 Å². The highest BCUT2D eigenvalue weighted by molar-refractivity contribution is 6.27. The number of fused-ring (bicyclic) bond motifs is 1. The fraction of sp³-hybridized carbons (Fsp3) is 0.0625. The van der Waals surface area contributed by atoms with Gasteiger partial charge in [0.15, 0.2) is 0 Å². The number of alkyl halides is 3. The number of rotatable bonds is 1. The van der Waals surface area contributed by atoms with Crippen molar-refractivity contribution in [1.82, 2.24) is 4.98 Å². The van der Waals surface area contributed by atoms with Gasteiger partial charge in [-0.15, -0.1) is 0 Å². The first-order chi connectivity index (χ1) is 10.4. The van der Waals surface area contributed by atoms with E-state index < -0.39 is 11.7 Å². The van der Waals surface area contributed by atoms with Gasteiger partial charge in [-0.05, 0) is 28.8 Å². The molecule has 4 rings (SSSR count). The number of oxazole rings is 1. The van der Waals surface area contributed by atoms with Crippen LogP contribution in [0.5, 0.6) is 0 Å². The van der Waals surface area contributed by atoms with Gasteiger partial charge in [0.1, 0.15) is 12.0 Å². The van der Waals surface area contributed by atoms with Gasteiger partial charge >= 0.3 is 6.18 Å². The summed E-state index contributed by atoms with van der Waals surface area (Å²) in [7, 11) is 0. The summed E-state index contributed by atoms with van der Waals surface area (Å²) in [6.45, 7) is 0. The molecule has 0 N–H and O–H groups in total. The van der Waals surface area contributed by atoms with Gasteiger partial charge in [0.05, 0.1) is 5.56 Å². The van der Waals surface area contributed by atoms with E-state index in [2.05, 4.69) is 4.98 Å². The fourth-order valence-electron chi connectivity index (χ4n) is 2.02. The molecule has 1 heterocycles. The third-order valence-corrected chi connectivity index (χ3v) is 3.36. The number of hydrogen-bond donors (Lipinski definition) is 0. The number of halogens is 4. The predicted octanol–water partition coefficient (Wildman–Crippen LogP) is 5.68. The first kappa shape index (κ1) is 14.7. The van der Waals surface area contributed by atoms with Crippen LogP contribution in [0, 0.1) is 0 Å². The first-order valence-corrected chi connectivity index (χ1v) is 6.71. The molecule has 6 heteroatoms. The second-order valence-electron chi connectivity index (χ2n) is 4.61. The van der Waals surface area contributed by atoms with Crippen LogP contribution in [-0.4, -0.2) is 4.98 Å². The van der Waals surface area contributed by atoms with Gasteiger partial charge in [0, 0.05) is 5.56 Å². The Hall–Kier alpha value is -2.27. The van der Waals surface area contributed by atoms with E-state index in [-0.39, 0.29) is 5.35 Å². The molecule has 0 bridgehead atoms. The van der Waals surface area contributed by atoms with Crippen LogP contribution in [0.1, 0.15) is 5.56 Å². The van der Waals surface area contributed by atoms with E-state index in [1.807, 2.05) is 30.3 Å². The number of hydrogen-bond acceptors (Lipinski definition) is 2. The molecule has 2 nitrogen and oxygen atoms in total. The number of aromatic nitrogens is 1. The normalized spacial score (nSPS) is 11.6. The maximum atomic E-state index is 11.8. The lowest BCUT2D eigenvalue weighted by Gasteiger charge is -2.22. The minimum Gasteiger partial charge on any atom is -0.436 e. The van der Waals surface area contributed by atoms with Gasteiger partial charge < -0.3 is 4.42 Å². The van der Waals surface area contributed by atoms with Gasteiger partial charge in [-0.25, -0.2) is 0 Å². The highest BCUT2D eigenvalue weighted by Crippen LogP contribution is 2.45. The molecule has 2 aliphatic carbocycles. The van der Waals surface area contributed by atoms with Crippen molar-refractivity contribution >= 4 is 11.6 Å². The molecule has 0 aliphatic heterocycles. The maximum absolute atomic E-state index is 11.8. The van der Waals surface area contributed by atoms with Crippen molar-refractivity contribution in [2.24, 2.45) is 0 Å². The zero-order chi connectivity index (χ0) is 15.7. The second kappa shape index (κ2) is 5.50. The second-order valence-corrected chi connectivity index (χ2v) is 4.93. The van der Waals surface area contributed by atoms with Crippen LogP contribution < -0.4 is 0 Å². The minimum absolute atomic E-state index is 0.175.